The summed E-state index contributed by atoms with van der Waals surface area (Å²) in [7, 11) is 1.67. The van der Waals surface area contributed by atoms with Gasteiger partial charge >= 0.3 is 0 Å². The number of para-hydroxylation sites is 1. The van der Waals surface area contributed by atoms with E-state index in [1.165, 1.54) is 23.4 Å². The summed E-state index contributed by atoms with van der Waals surface area (Å²) in [5.41, 5.74) is 1.42. The quantitative estimate of drug-likeness (QED) is 0.804. The molecule has 4 nitrogen and oxygen atoms in total. The second kappa shape index (κ2) is 5.11. The number of pyridine rings is 1. The number of hydrogen-bond donors (Lipinski definition) is 0. The molecule has 4 heteroatoms. The van der Waals surface area contributed by atoms with Crippen molar-refractivity contribution in [1.82, 2.24) is 4.98 Å². The summed E-state index contributed by atoms with van der Waals surface area (Å²) in [5.74, 6) is -0.245. The Morgan fingerprint density at radius 2 is 2.00 bits per heavy atom. The van der Waals surface area contributed by atoms with Gasteiger partial charge in [-0.25, -0.2) is 0 Å². The van der Waals surface area contributed by atoms with Crippen LogP contribution in [-0.4, -0.2) is 17.9 Å². The highest BCUT2D eigenvalue weighted by molar-refractivity contribution is 6.07. The third-order valence-electron chi connectivity index (χ3n) is 2.62. The Balaban J connectivity index is 2.35. The summed E-state index contributed by atoms with van der Waals surface area (Å²) in [6.07, 6.45) is 2.91. The van der Waals surface area contributed by atoms with Gasteiger partial charge in [-0.2, -0.15) is 5.26 Å². The number of amides is 1. The van der Waals surface area contributed by atoms with Gasteiger partial charge in [0, 0.05) is 25.1 Å². The highest BCUT2D eigenvalue weighted by Crippen LogP contribution is 2.16. The minimum atomic E-state index is -0.245. The lowest BCUT2D eigenvalue weighted by Gasteiger charge is -2.17. The average molecular weight is 237 g/mol. The van der Waals surface area contributed by atoms with Crippen LogP contribution in [0.1, 0.15) is 15.9 Å². The monoisotopic (exact) mass is 237 g/mol. The Bertz CT molecular complexity index is 602. The zero-order chi connectivity index (χ0) is 13.0. The maximum atomic E-state index is 12.3. The third kappa shape index (κ3) is 2.20. The number of aromatic nitrogens is 1. The molecule has 0 saturated heterocycles. The number of nitrogens with zero attached hydrogens (tertiary/aromatic N) is 3. The second-order valence-electron chi connectivity index (χ2n) is 3.73. The van der Waals surface area contributed by atoms with E-state index < -0.39 is 0 Å². The predicted octanol–water partition coefficient (Wildman–Crippen LogP) is 2.23. The summed E-state index contributed by atoms with van der Waals surface area (Å²) in [6, 6.07) is 12.8. The molecule has 2 rings (SSSR count). The molecule has 0 spiro atoms. The van der Waals surface area contributed by atoms with Crippen LogP contribution >= 0.6 is 0 Å². The molecule has 0 aliphatic carbocycles. The molecule has 18 heavy (non-hydrogen) atoms. The van der Waals surface area contributed by atoms with E-state index in [0.717, 1.165) is 5.69 Å². The van der Waals surface area contributed by atoms with Crippen molar-refractivity contribution in [3.63, 3.8) is 0 Å². The van der Waals surface area contributed by atoms with Crippen molar-refractivity contribution in [3.8, 4) is 6.07 Å². The number of rotatable bonds is 2. The number of benzene rings is 1. The van der Waals surface area contributed by atoms with Gasteiger partial charge in [0.1, 0.15) is 6.07 Å². The Morgan fingerprint density at radius 3 is 2.67 bits per heavy atom. The topological polar surface area (TPSA) is 57.0 Å². The minimum absolute atomic E-state index is 0.245. The van der Waals surface area contributed by atoms with Crippen LogP contribution in [-0.2, 0) is 0 Å². The maximum Gasteiger partial charge on any atom is 0.260 e. The van der Waals surface area contributed by atoms with Gasteiger partial charge in [-0.3, -0.25) is 9.78 Å². The molecule has 0 saturated carbocycles. The van der Waals surface area contributed by atoms with Crippen LogP contribution in [0, 0.1) is 11.3 Å². The zero-order valence-electron chi connectivity index (χ0n) is 9.87. The van der Waals surface area contributed by atoms with Crippen molar-refractivity contribution in [2.45, 2.75) is 0 Å². The van der Waals surface area contributed by atoms with E-state index in [1.54, 1.807) is 7.05 Å². The van der Waals surface area contributed by atoms with Crippen molar-refractivity contribution in [1.29, 1.82) is 5.26 Å². The summed E-state index contributed by atoms with van der Waals surface area (Å²) >= 11 is 0. The third-order valence-corrected chi connectivity index (χ3v) is 2.62. The zero-order valence-corrected chi connectivity index (χ0v) is 9.87. The molecular weight excluding hydrogens is 226 g/mol. The van der Waals surface area contributed by atoms with Crippen LogP contribution in [0.5, 0.6) is 0 Å². The molecule has 0 N–H and O–H groups in total. The summed E-state index contributed by atoms with van der Waals surface area (Å²) < 4.78 is 0. The van der Waals surface area contributed by atoms with E-state index in [2.05, 4.69) is 4.98 Å². The SMILES string of the molecule is CN(C(=O)c1cnccc1C#N)c1ccccc1. The van der Waals surface area contributed by atoms with E-state index in [0.29, 0.717) is 11.1 Å². The molecule has 0 fully saturated rings. The molecule has 1 aromatic carbocycles. The maximum absolute atomic E-state index is 12.3. The van der Waals surface area contributed by atoms with E-state index in [4.69, 9.17) is 5.26 Å². The Labute approximate surface area is 105 Å². The van der Waals surface area contributed by atoms with Gasteiger partial charge in [-0.15, -0.1) is 0 Å². The molecule has 88 valence electrons. The molecule has 0 aliphatic heterocycles. The minimum Gasteiger partial charge on any atom is -0.311 e. The first kappa shape index (κ1) is 11.8. The average Bonchev–Trinajstić information content (AvgIpc) is 2.46. The fourth-order valence-electron chi connectivity index (χ4n) is 1.61. The fraction of sp³-hybridized carbons (Fsp3) is 0.0714. The lowest BCUT2D eigenvalue weighted by Crippen LogP contribution is -2.27. The molecule has 2 aromatic rings. The van der Waals surface area contributed by atoms with Crippen LogP contribution < -0.4 is 4.90 Å². The predicted molar refractivity (Wildman–Crippen MR) is 68.1 cm³/mol. The molecule has 0 bridgehead atoms. The first-order valence-corrected chi connectivity index (χ1v) is 5.41. The fourth-order valence-corrected chi connectivity index (χ4v) is 1.61. The number of carbonyl (C=O) groups excluding carboxylic acids is 1. The van der Waals surface area contributed by atoms with Crippen LogP contribution in [0.25, 0.3) is 0 Å². The largest absolute Gasteiger partial charge is 0.311 e. The van der Waals surface area contributed by atoms with Gasteiger partial charge in [0.25, 0.3) is 5.91 Å². The van der Waals surface area contributed by atoms with Crippen LogP contribution in [0.3, 0.4) is 0 Å². The molecule has 0 unspecified atom stereocenters. The number of hydrogen-bond acceptors (Lipinski definition) is 3. The highest BCUT2D eigenvalue weighted by atomic mass is 16.2. The van der Waals surface area contributed by atoms with Gasteiger partial charge in [0.15, 0.2) is 0 Å². The number of anilines is 1. The lowest BCUT2D eigenvalue weighted by atomic mass is 10.1. The molecule has 0 atom stereocenters. The normalized spacial score (nSPS) is 9.56. The molecular formula is C14H11N3O. The van der Waals surface area contributed by atoms with E-state index >= 15 is 0 Å². The molecule has 1 heterocycles. The van der Waals surface area contributed by atoms with E-state index in [-0.39, 0.29) is 5.91 Å². The number of nitriles is 1. The van der Waals surface area contributed by atoms with Gasteiger partial charge in [-0.1, -0.05) is 18.2 Å². The molecule has 1 amide bonds. The standard InChI is InChI=1S/C14H11N3O/c1-17(12-5-3-2-4-6-12)14(18)13-10-16-8-7-11(13)9-15/h2-8,10H,1H3. The Kier molecular flexibility index (Phi) is 3.35. The lowest BCUT2D eigenvalue weighted by molar-refractivity contribution is 0.0992. The highest BCUT2D eigenvalue weighted by Gasteiger charge is 2.16. The smallest absolute Gasteiger partial charge is 0.260 e. The molecule has 0 aliphatic rings. The van der Waals surface area contributed by atoms with Crippen molar-refractivity contribution < 1.29 is 4.79 Å². The second-order valence-corrected chi connectivity index (χ2v) is 3.73. The summed E-state index contributed by atoms with van der Waals surface area (Å²) in [5, 5.41) is 8.97. The van der Waals surface area contributed by atoms with Crippen molar-refractivity contribution in [2.75, 3.05) is 11.9 Å². The van der Waals surface area contributed by atoms with Crippen LogP contribution in [0.4, 0.5) is 5.69 Å². The van der Waals surface area contributed by atoms with Crippen LogP contribution in [0.2, 0.25) is 0 Å². The van der Waals surface area contributed by atoms with Crippen molar-refractivity contribution in [3.05, 3.63) is 59.9 Å². The Hall–Kier alpha value is -2.67. The first-order valence-electron chi connectivity index (χ1n) is 5.41. The van der Waals surface area contributed by atoms with E-state index in [9.17, 15) is 4.79 Å². The van der Waals surface area contributed by atoms with Crippen LogP contribution in [0.15, 0.2) is 48.8 Å². The van der Waals surface area contributed by atoms with Gasteiger partial charge in [0.05, 0.1) is 11.1 Å². The number of carbonyl (C=O) groups is 1. The first-order chi connectivity index (χ1) is 8.74. The molecule has 1 aromatic heterocycles. The summed E-state index contributed by atoms with van der Waals surface area (Å²) in [6.45, 7) is 0. The van der Waals surface area contributed by atoms with Gasteiger partial charge in [0.2, 0.25) is 0 Å². The van der Waals surface area contributed by atoms with E-state index in [1.807, 2.05) is 36.4 Å². The molecule has 0 radical (unpaired) electrons. The van der Waals surface area contributed by atoms with Gasteiger partial charge < -0.3 is 4.90 Å². The van der Waals surface area contributed by atoms with Gasteiger partial charge in [-0.05, 0) is 18.2 Å². The summed E-state index contributed by atoms with van der Waals surface area (Å²) in [4.78, 5) is 17.6. The Morgan fingerprint density at radius 1 is 1.28 bits per heavy atom. The van der Waals surface area contributed by atoms with Crippen molar-refractivity contribution in [2.24, 2.45) is 0 Å². The van der Waals surface area contributed by atoms with Crippen molar-refractivity contribution >= 4 is 11.6 Å².